The minimum atomic E-state index is -0.279. The first-order chi connectivity index (χ1) is 11.5. The van der Waals surface area contributed by atoms with Crippen LogP contribution in [0.5, 0.6) is 0 Å². The predicted molar refractivity (Wildman–Crippen MR) is 92.5 cm³/mol. The van der Waals surface area contributed by atoms with Gasteiger partial charge in [-0.25, -0.2) is 0 Å². The van der Waals surface area contributed by atoms with Crippen LogP contribution >= 0.6 is 0 Å². The van der Waals surface area contributed by atoms with E-state index in [4.69, 9.17) is 22.9 Å². The third kappa shape index (κ3) is 5.23. The highest BCUT2D eigenvalue weighted by molar-refractivity contribution is 5.42. The molecule has 0 aliphatic heterocycles. The van der Waals surface area contributed by atoms with Gasteiger partial charge < -0.3 is 33.6 Å². The van der Waals surface area contributed by atoms with E-state index in [0.717, 1.165) is 25.7 Å². The van der Waals surface area contributed by atoms with Gasteiger partial charge in [0.2, 0.25) is 35.7 Å². The lowest BCUT2D eigenvalue weighted by atomic mass is 10.2. The van der Waals surface area contributed by atoms with Gasteiger partial charge in [-0.05, 0) is 12.8 Å². The average Bonchev–Trinajstić information content (AvgIpc) is 2.45. The van der Waals surface area contributed by atoms with E-state index in [-0.39, 0.29) is 41.9 Å². The minimum absolute atomic E-state index is 0.0333. The summed E-state index contributed by atoms with van der Waals surface area (Å²) in [5.74, 6) is 0.641. The average molecular weight is 334 g/mol. The Bertz CT molecular complexity index is 581. The molecule has 0 fully saturated rings. The molecule has 0 bridgehead atoms. The summed E-state index contributed by atoms with van der Waals surface area (Å²) in [4.78, 5) is 23.5. The quantitative estimate of drug-likeness (QED) is 0.274. The fraction of sp³-hybridized carbons (Fsp3) is 0.500. The van der Waals surface area contributed by atoms with Crippen molar-refractivity contribution < 1.29 is 0 Å². The molecule has 12 nitrogen and oxygen atoms in total. The number of nitrogens with two attached hydrogens (primary N) is 4. The summed E-state index contributed by atoms with van der Waals surface area (Å²) in [6.45, 7) is 2.12. The summed E-state index contributed by atoms with van der Waals surface area (Å²) in [6, 6.07) is 0. The van der Waals surface area contributed by atoms with Gasteiger partial charge in [0, 0.05) is 0 Å². The highest BCUT2D eigenvalue weighted by Crippen LogP contribution is 2.13. The van der Waals surface area contributed by atoms with E-state index < -0.39 is 0 Å². The van der Waals surface area contributed by atoms with E-state index >= 15 is 0 Å². The van der Waals surface area contributed by atoms with Gasteiger partial charge in [-0.2, -0.15) is 29.9 Å². The number of hydrogen-bond acceptors (Lipinski definition) is 12. The molecule has 12 heteroatoms. The first kappa shape index (κ1) is 17.2. The summed E-state index contributed by atoms with van der Waals surface area (Å²) in [6.07, 6.45) is 3.60. The molecular weight excluding hydrogens is 312 g/mol. The van der Waals surface area contributed by atoms with Crippen molar-refractivity contribution in [3.63, 3.8) is 0 Å². The van der Waals surface area contributed by atoms with Crippen molar-refractivity contribution in [3.05, 3.63) is 0 Å². The third-order valence-electron chi connectivity index (χ3n) is 3.04. The predicted octanol–water partition coefficient (Wildman–Crippen LogP) is -0.184. The fourth-order valence-corrected chi connectivity index (χ4v) is 2.04. The van der Waals surface area contributed by atoms with Crippen LogP contribution in [0.25, 0.3) is 0 Å². The molecule has 0 atom stereocenters. The summed E-state index contributed by atoms with van der Waals surface area (Å²) < 4.78 is 0. The second kappa shape index (κ2) is 7.89. The lowest BCUT2D eigenvalue weighted by Crippen LogP contribution is -2.31. The molecule has 24 heavy (non-hydrogen) atoms. The fourth-order valence-electron chi connectivity index (χ4n) is 2.04. The topological polar surface area (TPSA) is 205 Å². The van der Waals surface area contributed by atoms with Crippen molar-refractivity contribution in [2.24, 2.45) is 0 Å². The maximum absolute atomic E-state index is 5.58. The number of aromatic nitrogens is 6. The van der Waals surface area contributed by atoms with Crippen LogP contribution in [0.15, 0.2) is 0 Å². The molecule has 2 aromatic rings. The van der Waals surface area contributed by atoms with Crippen molar-refractivity contribution in [2.45, 2.75) is 38.8 Å². The monoisotopic (exact) mass is 334 g/mol. The Labute approximate surface area is 138 Å². The van der Waals surface area contributed by atoms with Crippen LogP contribution in [-0.4, -0.2) is 36.1 Å². The van der Waals surface area contributed by atoms with Gasteiger partial charge in [-0.3, -0.25) is 0 Å². The zero-order chi connectivity index (χ0) is 17.5. The zero-order valence-electron chi connectivity index (χ0n) is 13.4. The van der Waals surface area contributed by atoms with Crippen LogP contribution in [0.2, 0.25) is 0 Å². The Morgan fingerprint density at radius 3 is 1.50 bits per heavy atom. The van der Waals surface area contributed by atoms with Crippen molar-refractivity contribution in [3.8, 4) is 0 Å². The highest BCUT2D eigenvalue weighted by Gasteiger charge is 2.13. The van der Waals surface area contributed by atoms with E-state index in [2.05, 4.69) is 47.5 Å². The molecule has 130 valence electrons. The number of nitrogens with zero attached hydrogens (tertiary/aromatic N) is 6. The maximum Gasteiger partial charge on any atom is 0.230 e. The smallest absolute Gasteiger partial charge is 0.230 e. The number of unbranched alkanes of at least 4 members (excludes halogenated alkanes) is 2. The SMILES string of the molecule is CCCCCC(Nc1nc(N)nc(N)n1)Nc1nc(N)nc(N)n1. The Hall–Kier alpha value is -3.18. The minimum Gasteiger partial charge on any atom is -0.368 e. The molecule has 0 aromatic carbocycles. The second-order valence-corrected chi connectivity index (χ2v) is 5.09. The van der Waals surface area contributed by atoms with Crippen molar-refractivity contribution >= 4 is 35.7 Å². The van der Waals surface area contributed by atoms with Crippen molar-refractivity contribution in [1.29, 1.82) is 0 Å². The van der Waals surface area contributed by atoms with E-state index in [1.807, 2.05) is 0 Å². The van der Waals surface area contributed by atoms with Crippen LogP contribution in [0.4, 0.5) is 35.7 Å². The van der Waals surface area contributed by atoms with Crippen molar-refractivity contribution in [2.75, 3.05) is 33.6 Å². The van der Waals surface area contributed by atoms with Crippen LogP contribution in [0.1, 0.15) is 32.6 Å². The molecule has 0 saturated carbocycles. The molecule has 0 aliphatic carbocycles. The van der Waals surface area contributed by atoms with Gasteiger partial charge in [0.25, 0.3) is 0 Å². The van der Waals surface area contributed by atoms with Gasteiger partial charge in [-0.1, -0.05) is 19.8 Å². The van der Waals surface area contributed by atoms with Gasteiger partial charge in [0.15, 0.2) is 0 Å². The molecule has 0 radical (unpaired) electrons. The van der Waals surface area contributed by atoms with Gasteiger partial charge in [0.05, 0.1) is 0 Å². The number of nitrogen functional groups attached to an aromatic ring is 4. The summed E-state index contributed by atoms with van der Waals surface area (Å²) in [5.41, 5.74) is 22.3. The number of nitrogens with one attached hydrogen (secondary N) is 2. The third-order valence-corrected chi connectivity index (χ3v) is 3.04. The molecule has 2 rings (SSSR count). The van der Waals surface area contributed by atoms with Crippen LogP contribution in [0, 0.1) is 0 Å². The lowest BCUT2D eigenvalue weighted by Gasteiger charge is -2.20. The van der Waals surface area contributed by atoms with E-state index in [0.29, 0.717) is 0 Å². The Morgan fingerprint density at radius 1 is 0.708 bits per heavy atom. The number of rotatable bonds is 8. The summed E-state index contributed by atoms with van der Waals surface area (Å²) in [5, 5.41) is 6.18. The first-order valence-corrected chi connectivity index (χ1v) is 7.53. The number of anilines is 6. The molecule has 2 aromatic heterocycles. The summed E-state index contributed by atoms with van der Waals surface area (Å²) in [7, 11) is 0. The molecule has 10 N–H and O–H groups in total. The van der Waals surface area contributed by atoms with E-state index in [1.165, 1.54) is 0 Å². The molecule has 0 unspecified atom stereocenters. The second-order valence-electron chi connectivity index (χ2n) is 5.09. The Morgan fingerprint density at radius 2 is 1.12 bits per heavy atom. The maximum atomic E-state index is 5.58. The summed E-state index contributed by atoms with van der Waals surface area (Å²) >= 11 is 0. The normalized spacial score (nSPS) is 10.8. The van der Waals surface area contributed by atoms with E-state index in [1.54, 1.807) is 0 Å². The molecule has 0 amide bonds. The Balaban J connectivity index is 2.13. The zero-order valence-corrected chi connectivity index (χ0v) is 13.4. The lowest BCUT2D eigenvalue weighted by molar-refractivity contribution is 0.616. The first-order valence-electron chi connectivity index (χ1n) is 7.53. The van der Waals surface area contributed by atoms with Gasteiger partial charge in [0.1, 0.15) is 6.17 Å². The number of hydrogen-bond donors (Lipinski definition) is 6. The largest absolute Gasteiger partial charge is 0.368 e. The van der Waals surface area contributed by atoms with Crippen LogP contribution in [0.3, 0.4) is 0 Å². The van der Waals surface area contributed by atoms with Gasteiger partial charge in [-0.15, -0.1) is 0 Å². The molecule has 2 heterocycles. The van der Waals surface area contributed by atoms with E-state index in [9.17, 15) is 0 Å². The Kier molecular flexibility index (Phi) is 5.65. The molecule has 0 saturated heterocycles. The molecular formula is C12H22N12. The van der Waals surface area contributed by atoms with Crippen LogP contribution in [-0.2, 0) is 0 Å². The van der Waals surface area contributed by atoms with Crippen molar-refractivity contribution in [1.82, 2.24) is 29.9 Å². The van der Waals surface area contributed by atoms with Gasteiger partial charge >= 0.3 is 0 Å². The molecule has 0 spiro atoms. The molecule has 0 aliphatic rings. The standard InChI is InChI=1S/C12H22N12/c1-2-3-4-5-6(17-11-21-7(13)19-8(14)22-11)18-12-23-9(15)20-10(16)24-12/h6H,2-5H2,1H3,(H5,13,14,17,19,21,22)(H5,15,16,18,20,23,24). The van der Waals surface area contributed by atoms with Crippen LogP contribution < -0.4 is 33.6 Å². The highest BCUT2D eigenvalue weighted by atomic mass is 15.3.